The Morgan fingerprint density at radius 2 is 1.38 bits per heavy atom. The van der Waals surface area contributed by atoms with E-state index in [2.05, 4.69) is 73.8 Å². The minimum absolute atomic E-state index is 0.705. The Labute approximate surface area is 133 Å². The first kappa shape index (κ1) is 18.2. The molecule has 0 fully saturated rings. The van der Waals surface area contributed by atoms with Gasteiger partial charge in [-0.3, -0.25) is 4.48 Å². The van der Waals surface area contributed by atoms with Crippen molar-refractivity contribution in [1.29, 1.82) is 0 Å². The van der Waals surface area contributed by atoms with Crippen molar-refractivity contribution in [2.75, 3.05) is 20.6 Å². The zero-order chi connectivity index (χ0) is 16.2. The smallest absolute Gasteiger partial charge is 0.135 e. The predicted octanol–water partition coefficient (Wildman–Crippen LogP) is 5.31. The lowest BCUT2D eigenvalue weighted by Crippen LogP contribution is -2.44. The molecule has 0 aromatic heterocycles. The van der Waals surface area contributed by atoms with Crippen molar-refractivity contribution < 1.29 is 0 Å². The molecular formula is C20H36N+. The van der Waals surface area contributed by atoms with E-state index >= 15 is 0 Å². The average molecular weight is 291 g/mol. The molecule has 0 saturated heterocycles. The highest BCUT2D eigenvalue weighted by atomic mass is 15.3. The van der Waals surface area contributed by atoms with Gasteiger partial charge in [-0.1, -0.05) is 53.7 Å². The van der Waals surface area contributed by atoms with Crippen LogP contribution < -0.4 is 4.48 Å². The van der Waals surface area contributed by atoms with Gasteiger partial charge in [0.1, 0.15) is 5.69 Å². The van der Waals surface area contributed by atoms with E-state index in [1.54, 1.807) is 11.1 Å². The van der Waals surface area contributed by atoms with E-state index in [-0.39, 0.29) is 0 Å². The highest BCUT2D eigenvalue weighted by molar-refractivity contribution is 5.54. The standard InChI is InChI=1S/C20H36N/c1-15(2)12-18-10-9-11-20(19(18)13-16(3)4)21(7,8)14-17(5)6/h9-11,15-17H,12-14H2,1-8H3/q+1. The van der Waals surface area contributed by atoms with Crippen molar-refractivity contribution in [3.8, 4) is 0 Å². The maximum atomic E-state index is 2.36. The fourth-order valence-corrected chi connectivity index (χ4v) is 3.47. The first-order valence-corrected chi connectivity index (χ1v) is 8.57. The molecule has 0 aliphatic carbocycles. The molecule has 0 heterocycles. The van der Waals surface area contributed by atoms with Crippen LogP contribution >= 0.6 is 0 Å². The van der Waals surface area contributed by atoms with Crippen molar-refractivity contribution in [3.05, 3.63) is 29.3 Å². The van der Waals surface area contributed by atoms with Crippen molar-refractivity contribution in [1.82, 2.24) is 4.48 Å². The molecule has 1 nitrogen and oxygen atoms in total. The SMILES string of the molecule is CC(C)Cc1cccc([N+](C)(C)CC(C)C)c1CC(C)C. The van der Waals surface area contributed by atoms with E-state index in [9.17, 15) is 0 Å². The summed E-state index contributed by atoms with van der Waals surface area (Å²) in [4.78, 5) is 0. The number of benzene rings is 1. The van der Waals surface area contributed by atoms with Gasteiger partial charge in [-0.05, 0) is 36.3 Å². The molecular weight excluding hydrogens is 254 g/mol. The third-order valence-electron chi connectivity index (χ3n) is 3.96. The van der Waals surface area contributed by atoms with Crippen LogP contribution in [-0.4, -0.2) is 20.6 Å². The first-order chi connectivity index (χ1) is 9.63. The lowest BCUT2D eigenvalue weighted by molar-refractivity contribution is 0.344. The van der Waals surface area contributed by atoms with Gasteiger partial charge in [-0.15, -0.1) is 0 Å². The van der Waals surface area contributed by atoms with Crippen molar-refractivity contribution in [2.24, 2.45) is 17.8 Å². The summed E-state index contributed by atoms with van der Waals surface area (Å²) in [6, 6.07) is 6.96. The van der Waals surface area contributed by atoms with Gasteiger partial charge in [0.15, 0.2) is 0 Å². The Morgan fingerprint density at radius 3 is 1.86 bits per heavy atom. The maximum absolute atomic E-state index is 2.36. The average Bonchev–Trinajstić information content (AvgIpc) is 2.27. The maximum Gasteiger partial charge on any atom is 0.135 e. The minimum atomic E-state index is 0.705. The summed E-state index contributed by atoms with van der Waals surface area (Å²) in [5.74, 6) is 2.13. The van der Waals surface area contributed by atoms with Gasteiger partial charge in [0.25, 0.3) is 0 Å². The summed E-state index contributed by atoms with van der Waals surface area (Å²) in [6.45, 7) is 15.1. The van der Waals surface area contributed by atoms with Crippen LogP contribution in [0.15, 0.2) is 18.2 Å². The van der Waals surface area contributed by atoms with Gasteiger partial charge in [0.2, 0.25) is 0 Å². The van der Waals surface area contributed by atoms with Gasteiger partial charge in [0, 0.05) is 11.5 Å². The Balaban J connectivity index is 3.29. The summed E-state index contributed by atoms with van der Waals surface area (Å²) < 4.78 is 0.992. The minimum Gasteiger partial charge on any atom is -0.296 e. The fourth-order valence-electron chi connectivity index (χ4n) is 3.47. The van der Waals surface area contributed by atoms with Gasteiger partial charge in [-0.25, -0.2) is 0 Å². The number of rotatable bonds is 7. The molecule has 0 amide bonds. The Kier molecular flexibility index (Phi) is 6.46. The summed E-state index contributed by atoms with van der Waals surface area (Å²) >= 11 is 0. The van der Waals surface area contributed by atoms with E-state index in [1.807, 2.05) is 0 Å². The van der Waals surface area contributed by atoms with E-state index < -0.39 is 0 Å². The van der Waals surface area contributed by atoms with E-state index in [0.29, 0.717) is 17.8 Å². The largest absolute Gasteiger partial charge is 0.296 e. The number of hydrogen-bond donors (Lipinski definition) is 0. The molecule has 0 aliphatic rings. The molecule has 0 N–H and O–H groups in total. The topological polar surface area (TPSA) is 0 Å². The molecule has 0 spiro atoms. The fraction of sp³-hybridized carbons (Fsp3) is 0.700. The van der Waals surface area contributed by atoms with Gasteiger partial charge < -0.3 is 0 Å². The Hall–Kier alpha value is -0.820. The van der Waals surface area contributed by atoms with Gasteiger partial charge >= 0.3 is 0 Å². The monoisotopic (exact) mass is 290 g/mol. The zero-order valence-corrected chi connectivity index (χ0v) is 15.5. The molecule has 0 radical (unpaired) electrons. The molecule has 0 atom stereocenters. The van der Waals surface area contributed by atoms with Crippen LogP contribution in [0.25, 0.3) is 0 Å². The van der Waals surface area contributed by atoms with Crippen LogP contribution in [0, 0.1) is 17.8 Å². The van der Waals surface area contributed by atoms with Crippen molar-refractivity contribution in [3.63, 3.8) is 0 Å². The summed E-state index contributed by atoms with van der Waals surface area (Å²) in [6.07, 6.45) is 2.38. The van der Waals surface area contributed by atoms with Gasteiger partial charge in [0.05, 0.1) is 20.6 Å². The molecule has 0 bridgehead atoms. The number of hydrogen-bond acceptors (Lipinski definition) is 0. The Morgan fingerprint density at radius 1 is 0.810 bits per heavy atom. The van der Waals surface area contributed by atoms with Crippen LogP contribution in [0.4, 0.5) is 5.69 Å². The van der Waals surface area contributed by atoms with E-state index in [0.717, 1.165) is 4.48 Å². The molecule has 0 saturated carbocycles. The third-order valence-corrected chi connectivity index (χ3v) is 3.96. The highest BCUT2D eigenvalue weighted by Crippen LogP contribution is 2.31. The lowest BCUT2D eigenvalue weighted by atomic mass is 9.90. The predicted molar refractivity (Wildman–Crippen MR) is 96.9 cm³/mol. The lowest BCUT2D eigenvalue weighted by Gasteiger charge is -2.34. The van der Waals surface area contributed by atoms with Crippen LogP contribution in [0.1, 0.15) is 52.7 Å². The molecule has 1 aromatic rings. The normalized spacial score (nSPS) is 12.7. The molecule has 1 aromatic carbocycles. The molecule has 1 rings (SSSR count). The zero-order valence-electron chi connectivity index (χ0n) is 15.5. The van der Waals surface area contributed by atoms with Crippen LogP contribution in [0.3, 0.4) is 0 Å². The van der Waals surface area contributed by atoms with E-state index in [1.165, 1.54) is 25.1 Å². The van der Waals surface area contributed by atoms with Crippen molar-refractivity contribution in [2.45, 2.75) is 54.4 Å². The summed E-state index contributed by atoms with van der Waals surface area (Å²) in [5.41, 5.74) is 4.69. The van der Waals surface area contributed by atoms with Crippen molar-refractivity contribution >= 4 is 5.69 Å². The first-order valence-electron chi connectivity index (χ1n) is 8.57. The second-order valence-electron chi connectivity index (χ2n) is 8.37. The van der Waals surface area contributed by atoms with Crippen LogP contribution in [-0.2, 0) is 12.8 Å². The second kappa shape index (κ2) is 7.45. The third kappa shape index (κ3) is 5.47. The number of nitrogens with zero attached hydrogens (tertiary/aromatic N) is 1. The van der Waals surface area contributed by atoms with E-state index in [4.69, 9.17) is 0 Å². The molecule has 1 heteroatoms. The molecule has 21 heavy (non-hydrogen) atoms. The Bertz CT molecular complexity index is 441. The summed E-state index contributed by atoms with van der Waals surface area (Å²) in [7, 11) is 4.72. The highest BCUT2D eigenvalue weighted by Gasteiger charge is 2.26. The quantitative estimate of drug-likeness (QED) is 0.597. The molecule has 120 valence electrons. The van der Waals surface area contributed by atoms with Crippen LogP contribution in [0.2, 0.25) is 0 Å². The second-order valence-corrected chi connectivity index (χ2v) is 8.37. The number of quaternary nitrogens is 1. The van der Waals surface area contributed by atoms with Gasteiger partial charge in [-0.2, -0.15) is 0 Å². The molecule has 0 unspecified atom stereocenters. The molecule has 0 aliphatic heterocycles. The van der Waals surface area contributed by atoms with Crippen LogP contribution in [0.5, 0.6) is 0 Å². The summed E-state index contributed by atoms with van der Waals surface area (Å²) in [5, 5.41) is 0.